The van der Waals surface area contributed by atoms with Gasteiger partial charge in [-0.3, -0.25) is 5.32 Å². The first-order valence-corrected chi connectivity index (χ1v) is 6.24. The van der Waals surface area contributed by atoms with Crippen LogP contribution in [-0.2, 0) is 0 Å². The van der Waals surface area contributed by atoms with Crippen molar-refractivity contribution in [3.63, 3.8) is 0 Å². The van der Waals surface area contributed by atoms with Crippen LogP contribution in [0.25, 0.3) is 0 Å². The molecule has 0 spiro atoms. The van der Waals surface area contributed by atoms with Crippen LogP contribution in [0.15, 0.2) is 18.3 Å². The molecular formula is C12H18N4O2. The lowest BCUT2D eigenvalue weighted by Crippen LogP contribution is -2.40. The van der Waals surface area contributed by atoms with Crippen LogP contribution >= 0.6 is 0 Å². The predicted octanol–water partition coefficient (Wildman–Crippen LogP) is 1.15. The van der Waals surface area contributed by atoms with Gasteiger partial charge in [-0.2, -0.15) is 5.10 Å². The minimum atomic E-state index is -0.247. The van der Waals surface area contributed by atoms with Gasteiger partial charge < -0.3 is 10.4 Å². The summed E-state index contributed by atoms with van der Waals surface area (Å²) in [5, 5.41) is 22.1. The molecule has 1 heterocycles. The van der Waals surface area contributed by atoms with Gasteiger partial charge in [-0.25, -0.2) is 4.79 Å². The lowest BCUT2D eigenvalue weighted by molar-refractivity contribution is 0.176. The first kappa shape index (κ1) is 12.8. The van der Waals surface area contributed by atoms with Gasteiger partial charge >= 0.3 is 6.03 Å². The molecule has 1 fully saturated rings. The summed E-state index contributed by atoms with van der Waals surface area (Å²) in [6.45, 7) is 0.249. The van der Waals surface area contributed by atoms with E-state index >= 15 is 0 Å². The maximum atomic E-state index is 11.7. The van der Waals surface area contributed by atoms with Gasteiger partial charge in [0.15, 0.2) is 5.82 Å². The standard InChI is InChI=1S/C12H18N4O2/c17-8-9-3-5-10(6-4-9)14-12(18)15-11-2-1-7-13-16-11/h1-2,7,9-10,17H,3-6,8H2,(H2,14,15,16,18). The maximum Gasteiger partial charge on any atom is 0.320 e. The molecule has 3 N–H and O–H groups in total. The Kier molecular flexibility index (Phi) is 4.46. The minimum Gasteiger partial charge on any atom is -0.396 e. The van der Waals surface area contributed by atoms with E-state index in [1.165, 1.54) is 0 Å². The third-order valence-electron chi connectivity index (χ3n) is 3.25. The molecular weight excluding hydrogens is 232 g/mol. The zero-order valence-corrected chi connectivity index (χ0v) is 10.2. The molecule has 0 saturated heterocycles. The van der Waals surface area contributed by atoms with Gasteiger partial charge in [-0.05, 0) is 43.7 Å². The second kappa shape index (κ2) is 6.30. The summed E-state index contributed by atoms with van der Waals surface area (Å²) in [5.41, 5.74) is 0. The number of nitrogens with zero attached hydrogens (tertiary/aromatic N) is 2. The minimum absolute atomic E-state index is 0.185. The zero-order valence-electron chi connectivity index (χ0n) is 10.2. The van der Waals surface area contributed by atoms with E-state index in [-0.39, 0.29) is 18.7 Å². The number of aliphatic hydroxyl groups is 1. The fourth-order valence-corrected chi connectivity index (χ4v) is 2.20. The third-order valence-corrected chi connectivity index (χ3v) is 3.25. The first-order chi connectivity index (χ1) is 8.78. The topological polar surface area (TPSA) is 87.1 Å². The van der Waals surface area contributed by atoms with E-state index < -0.39 is 0 Å². The van der Waals surface area contributed by atoms with Crippen LogP contribution in [-0.4, -0.2) is 34.0 Å². The van der Waals surface area contributed by atoms with E-state index in [1.54, 1.807) is 18.3 Å². The van der Waals surface area contributed by atoms with E-state index in [9.17, 15) is 4.79 Å². The average molecular weight is 250 g/mol. The number of urea groups is 1. The Bertz CT molecular complexity index is 377. The number of nitrogens with one attached hydrogen (secondary N) is 2. The van der Waals surface area contributed by atoms with Crippen LogP contribution in [0.4, 0.5) is 10.6 Å². The van der Waals surface area contributed by atoms with E-state index in [0.717, 1.165) is 25.7 Å². The largest absolute Gasteiger partial charge is 0.396 e. The molecule has 0 atom stereocenters. The summed E-state index contributed by atoms with van der Waals surface area (Å²) >= 11 is 0. The van der Waals surface area contributed by atoms with Gasteiger partial charge in [0.25, 0.3) is 0 Å². The smallest absolute Gasteiger partial charge is 0.320 e. The number of hydrogen-bond acceptors (Lipinski definition) is 4. The van der Waals surface area contributed by atoms with Gasteiger partial charge in [0.05, 0.1) is 0 Å². The van der Waals surface area contributed by atoms with Crippen LogP contribution in [0.3, 0.4) is 0 Å². The number of amides is 2. The molecule has 1 saturated carbocycles. The van der Waals surface area contributed by atoms with E-state index in [2.05, 4.69) is 20.8 Å². The summed E-state index contributed by atoms with van der Waals surface area (Å²) in [7, 11) is 0. The van der Waals surface area contributed by atoms with Crippen molar-refractivity contribution in [1.82, 2.24) is 15.5 Å². The van der Waals surface area contributed by atoms with Crippen molar-refractivity contribution in [2.24, 2.45) is 5.92 Å². The number of aliphatic hydroxyl groups excluding tert-OH is 1. The van der Waals surface area contributed by atoms with Crippen molar-refractivity contribution in [3.8, 4) is 0 Å². The molecule has 18 heavy (non-hydrogen) atoms. The lowest BCUT2D eigenvalue weighted by atomic mass is 9.87. The number of carbonyl (C=O) groups excluding carboxylic acids is 1. The zero-order chi connectivity index (χ0) is 12.8. The molecule has 6 heteroatoms. The van der Waals surface area contributed by atoms with Crippen LogP contribution < -0.4 is 10.6 Å². The van der Waals surface area contributed by atoms with Gasteiger partial charge in [0, 0.05) is 18.8 Å². The van der Waals surface area contributed by atoms with Crippen molar-refractivity contribution in [2.75, 3.05) is 11.9 Å². The molecule has 2 amide bonds. The lowest BCUT2D eigenvalue weighted by Gasteiger charge is -2.27. The van der Waals surface area contributed by atoms with Gasteiger partial charge in [0.2, 0.25) is 0 Å². The molecule has 0 aromatic carbocycles. The van der Waals surface area contributed by atoms with Crippen molar-refractivity contribution in [3.05, 3.63) is 18.3 Å². The van der Waals surface area contributed by atoms with Crippen LogP contribution in [0.1, 0.15) is 25.7 Å². The Balaban J connectivity index is 1.75. The summed E-state index contributed by atoms with van der Waals surface area (Å²) in [6.07, 6.45) is 5.32. The molecule has 2 rings (SSSR count). The van der Waals surface area contributed by atoms with Gasteiger partial charge in [-0.15, -0.1) is 5.10 Å². The number of hydrogen-bond donors (Lipinski definition) is 3. The van der Waals surface area contributed by atoms with E-state index in [1.807, 2.05) is 0 Å². The van der Waals surface area contributed by atoms with Crippen molar-refractivity contribution < 1.29 is 9.90 Å². The maximum absolute atomic E-state index is 11.7. The summed E-state index contributed by atoms with van der Waals surface area (Å²) < 4.78 is 0. The Labute approximate surface area is 106 Å². The van der Waals surface area contributed by atoms with Crippen LogP contribution in [0, 0.1) is 5.92 Å². The Morgan fingerprint density at radius 3 is 2.78 bits per heavy atom. The fourth-order valence-electron chi connectivity index (χ4n) is 2.20. The highest BCUT2D eigenvalue weighted by Gasteiger charge is 2.21. The van der Waals surface area contributed by atoms with Crippen molar-refractivity contribution >= 4 is 11.8 Å². The molecule has 1 aliphatic rings. The molecule has 1 aliphatic carbocycles. The van der Waals surface area contributed by atoms with Crippen LogP contribution in [0.2, 0.25) is 0 Å². The molecule has 0 bridgehead atoms. The number of carbonyl (C=O) groups is 1. The van der Waals surface area contributed by atoms with Crippen molar-refractivity contribution in [1.29, 1.82) is 0 Å². The molecule has 0 aliphatic heterocycles. The number of aromatic nitrogens is 2. The Hall–Kier alpha value is -1.69. The van der Waals surface area contributed by atoms with E-state index in [0.29, 0.717) is 11.7 Å². The SMILES string of the molecule is O=C(Nc1cccnn1)NC1CCC(CO)CC1. The fraction of sp³-hybridized carbons (Fsp3) is 0.583. The Morgan fingerprint density at radius 1 is 1.39 bits per heavy atom. The summed E-state index contributed by atoms with van der Waals surface area (Å²) in [6, 6.07) is 3.34. The Morgan fingerprint density at radius 2 is 2.17 bits per heavy atom. The number of anilines is 1. The van der Waals surface area contributed by atoms with Gasteiger partial charge in [-0.1, -0.05) is 0 Å². The van der Waals surface area contributed by atoms with Gasteiger partial charge in [0.1, 0.15) is 0 Å². The molecule has 98 valence electrons. The molecule has 6 nitrogen and oxygen atoms in total. The quantitative estimate of drug-likeness (QED) is 0.751. The normalized spacial score (nSPS) is 23.4. The second-order valence-electron chi connectivity index (χ2n) is 4.61. The molecule has 1 aromatic heterocycles. The molecule has 0 radical (unpaired) electrons. The highest BCUT2D eigenvalue weighted by molar-refractivity contribution is 5.88. The highest BCUT2D eigenvalue weighted by atomic mass is 16.3. The monoisotopic (exact) mass is 250 g/mol. The third kappa shape index (κ3) is 3.66. The predicted molar refractivity (Wildman–Crippen MR) is 67.0 cm³/mol. The average Bonchev–Trinajstić information content (AvgIpc) is 2.40. The second-order valence-corrected chi connectivity index (χ2v) is 4.61. The highest BCUT2D eigenvalue weighted by Crippen LogP contribution is 2.23. The number of rotatable bonds is 3. The van der Waals surface area contributed by atoms with Crippen molar-refractivity contribution in [2.45, 2.75) is 31.7 Å². The molecule has 1 aromatic rings. The first-order valence-electron chi connectivity index (χ1n) is 6.24. The summed E-state index contributed by atoms with van der Waals surface area (Å²) in [5.74, 6) is 0.838. The summed E-state index contributed by atoms with van der Waals surface area (Å²) in [4.78, 5) is 11.7. The molecule has 0 unspecified atom stereocenters. The van der Waals surface area contributed by atoms with Crippen LogP contribution in [0.5, 0.6) is 0 Å². The van der Waals surface area contributed by atoms with E-state index in [4.69, 9.17) is 5.11 Å².